The molecule has 1 amide bonds. The molecular weight excluding hydrogens is 398 g/mol. The van der Waals surface area contributed by atoms with Crippen molar-refractivity contribution in [3.63, 3.8) is 0 Å². The number of likely N-dealkylation sites (N-methyl/N-ethyl adjacent to an activating group) is 1. The molecule has 5 nitrogen and oxygen atoms in total. The Balaban J connectivity index is 1.29. The number of benzene rings is 1. The molecule has 5 rings (SSSR count). The number of hydrogen-bond donors (Lipinski definition) is 0. The van der Waals surface area contributed by atoms with Crippen molar-refractivity contribution in [2.45, 2.75) is 69.9 Å². The Morgan fingerprint density at radius 3 is 2.22 bits per heavy atom. The fraction of sp³-hybridized carbons (Fsp3) is 0.556. The van der Waals surface area contributed by atoms with Crippen LogP contribution in [-0.2, 0) is 12.1 Å². The zero-order valence-electron chi connectivity index (χ0n) is 19.5. The molecule has 1 aromatic heterocycles. The third-order valence-electron chi connectivity index (χ3n) is 8.32. The van der Waals surface area contributed by atoms with Gasteiger partial charge in [-0.2, -0.15) is 0 Å². The van der Waals surface area contributed by atoms with Crippen LogP contribution in [0.1, 0.15) is 89.9 Å². The predicted octanol–water partition coefficient (Wildman–Crippen LogP) is 4.82. The first kappa shape index (κ1) is 21.4. The maximum Gasteiger partial charge on any atom is 0.253 e. The normalized spacial score (nSPS) is 21.5. The summed E-state index contributed by atoms with van der Waals surface area (Å²) < 4.78 is 2.21. The van der Waals surface area contributed by atoms with Gasteiger partial charge < -0.3 is 9.47 Å². The van der Waals surface area contributed by atoms with Gasteiger partial charge in [0, 0.05) is 44.4 Å². The van der Waals surface area contributed by atoms with Gasteiger partial charge >= 0.3 is 0 Å². The second-order valence-electron chi connectivity index (χ2n) is 10.0. The number of ketones is 1. The number of fused-ring (bicyclic) bond motifs is 2. The van der Waals surface area contributed by atoms with Gasteiger partial charge in [-0.25, -0.2) is 0 Å². The molecule has 170 valence electrons. The molecule has 2 aromatic rings. The van der Waals surface area contributed by atoms with Gasteiger partial charge in [0.1, 0.15) is 0 Å². The minimum absolute atomic E-state index is 0.0897. The highest BCUT2D eigenvalue weighted by Crippen LogP contribution is 2.41. The van der Waals surface area contributed by atoms with Crippen LogP contribution in [0.4, 0.5) is 0 Å². The van der Waals surface area contributed by atoms with Crippen molar-refractivity contribution >= 4 is 11.7 Å². The summed E-state index contributed by atoms with van der Waals surface area (Å²) in [5.41, 5.74) is 4.15. The summed E-state index contributed by atoms with van der Waals surface area (Å²) in [6.07, 6.45) is 8.37. The summed E-state index contributed by atoms with van der Waals surface area (Å²) in [5, 5.41) is 0. The van der Waals surface area contributed by atoms with E-state index >= 15 is 0 Å². The van der Waals surface area contributed by atoms with E-state index in [-0.39, 0.29) is 17.2 Å². The molecular formula is C27H35N3O2. The van der Waals surface area contributed by atoms with Crippen molar-refractivity contribution in [1.29, 1.82) is 0 Å². The van der Waals surface area contributed by atoms with E-state index < -0.39 is 0 Å². The minimum Gasteiger partial charge on any atom is -0.339 e. The van der Waals surface area contributed by atoms with E-state index in [4.69, 9.17) is 0 Å². The lowest BCUT2D eigenvalue weighted by atomic mass is 9.81. The van der Waals surface area contributed by atoms with E-state index in [9.17, 15) is 9.59 Å². The van der Waals surface area contributed by atoms with Crippen LogP contribution in [0.3, 0.4) is 0 Å². The molecule has 3 heterocycles. The third kappa shape index (κ3) is 3.61. The molecule has 5 heteroatoms. The van der Waals surface area contributed by atoms with Gasteiger partial charge in [0.25, 0.3) is 5.91 Å². The highest BCUT2D eigenvalue weighted by Gasteiger charge is 2.45. The van der Waals surface area contributed by atoms with Crippen LogP contribution < -0.4 is 0 Å². The van der Waals surface area contributed by atoms with E-state index in [1.807, 2.05) is 23.1 Å². The van der Waals surface area contributed by atoms with Gasteiger partial charge in [-0.15, -0.1) is 0 Å². The molecule has 2 fully saturated rings. The Labute approximate surface area is 191 Å². The topological polar surface area (TPSA) is 45.6 Å². The summed E-state index contributed by atoms with van der Waals surface area (Å²) in [7, 11) is 2.19. The molecule has 0 bridgehead atoms. The van der Waals surface area contributed by atoms with E-state index in [1.54, 1.807) is 6.92 Å². The number of nitrogens with zero attached hydrogens (tertiary/aromatic N) is 3. The van der Waals surface area contributed by atoms with Gasteiger partial charge in [0.15, 0.2) is 5.78 Å². The van der Waals surface area contributed by atoms with Gasteiger partial charge in [0.2, 0.25) is 0 Å². The van der Waals surface area contributed by atoms with Crippen LogP contribution in [0, 0.1) is 0 Å². The largest absolute Gasteiger partial charge is 0.339 e. The first-order valence-corrected chi connectivity index (χ1v) is 12.3. The summed E-state index contributed by atoms with van der Waals surface area (Å²) in [6, 6.07) is 12.5. The molecule has 1 saturated heterocycles. The van der Waals surface area contributed by atoms with Crippen molar-refractivity contribution in [2.24, 2.45) is 0 Å². The zero-order chi connectivity index (χ0) is 22.3. The Hall–Kier alpha value is -2.40. The number of amides is 1. The van der Waals surface area contributed by atoms with Crippen molar-refractivity contribution in [2.75, 3.05) is 26.7 Å². The van der Waals surface area contributed by atoms with Crippen LogP contribution >= 0.6 is 0 Å². The van der Waals surface area contributed by atoms with E-state index in [1.165, 1.54) is 43.4 Å². The van der Waals surface area contributed by atoms with Crippen LogP contribution in [0.15, 0.2) is 36.4 Å². The van der Waals surface area contributed by atoms with Gasteiger partial charge in [-0.3, -0.25) is 14.5 Å². The lowest BCUT2D eigenvalue weighted by Crippen LogP contribution is -2.56. The Morgan fingerprint density at radius 1 is 0.875 bits per heavy atom. The maximum absolute atomic E-state index is 13.2. The molecule has 0 radical (unpaired) electrons. The van der Waals surface area contributed by atoms with Gasteiger partial charge in [0.05, 0.1) is 11.2 Å². The number of rotatable bonds is 3. The molecule has 3 aliphatic rings. The number of piperidine rings is 1. The third-order valence-corrected chi connectivity index (χ3v) is 8.32. The molecule has 1 saturated carbocycles. The van der Waals surface area contributed by atoms with E-state index in [2.05, 4.69) is 34.7 Å². The molecule has 2 aliphatic heterocycles. The Kier molecular flexibility index (Phi) is 5.70. The van der Waals surface area contributed by atoms with E-state index in [0.29, 0.717) is 5.92 Å². The van der Waals surface area contributed by atoms with Crippen LogP contribution in [-0.4, -0.2) is 52.7 Å². The number of carbonyl (C=O) groups is 2. The van der Waals surface area contributed by atoms with Crippen LogP contribution in [0.25, 0.3) is 0 Å². The quantitative estimate of drug-likeness (QED) is 0.652. The molecule has 0 N–H and O–H groups in total. The fourth-order valence-electron chi connectivity index (χ4n) is 6.32. The molecule has 1 spiro atoms. The van der Waals surface area contributed by atoms with Crippen LogP contribution in [0.5, 0.6) is 0 Å². The molecule has 1 aromatic carbocycles. The van der Waals surface area contributed by atoms with Gasteiger partial charge in [-0.05, 0) is 68.5 Å². The maximum atomic E-state index is 13.2. The van der Waals surface area contributed by atoms with Crippen molar-refractivity contribution in [3.8, 4) is 0 Å². The van der Waals surface area contributed by atoms with Crippen molar-refractivity contribution in [1.82, 2.24) is 14.4 Å². The number of likely N-dealkylation sites (tertiary alicyclic amines) is 1. The van der Waals surface area contributed by atoms with Crippen molar-refractivity contribution in [3.05, 3.63) is 58.9 Å². The second kappa shape index (κ2) is 8.51. The second-order valence-corrected chi connectivity index (χ2v) is 10.0. The molecule has 32 heavy (non-hydrogen) atoms. The average molecular weight is 434 g/mol. The van der Waals surface area contributed by atoms with Gasteiger partial charge in [-0.1, -0.05) is 31.4 Å². The first-order valence-electron chi connectivity index (χ1n) is 12.3. The fourth-order valence-corrected chi connectivity index (χ4v) is 6.32. The zero-order valence-corrected chi connectivity index (χ0v) is 19.5. The summed E-state index contributed by atoms with van der Waals surface area (Å²) in [4.78, 5) is 29.8. The lowest BCUT2D eigenvalue weighted by Gasteiger charge is -2.50. The predicted molar refractivity (Wildman–Crippen MR) is 126 cm³/mol. The van der Waals surface area contributed by atoms with Crippen LogP contribution in [0.2, 0.25) is 0 Å². The highest BCUT2D eigenvalue weighted by atomic mass is 16.2. The standard InChI is InChI=1S/C27H35N3O2/c1-20(31)24-12-13-25-27(28(2)18-19-30(24)25)14-16-29(17-15-27)26(32)23-10-8-22(9-11-23)21-6-4-3-5-7-21/h8-13,21H,3-7,14-19H2,1-2H3. The Morgan fingerprint density at radius 2 is 1.56 bits per heavy atom. The summed E-state index contributed by atoms with van der Waals surface area (Å²) in [6.45, 7) is 4.92. The monoisotopic (exact) mass is 433 g/mol. The highest BCUT2D eigenvalue weighted by molar-refractivity contribution is 5.94. The SMILES string of the molecule is CC(=O)c1ccc2n1CCN(C)C21CCN(C(=O)c2ccc(C3CCCCC3)cc2)CC1. The van der Waals surface area contributed by atoms with E-state index in [0.717, 1.165) is 50.3 Å². The van der Waals surface area contributed by atoms with Crippen molar-refractivity contribution < 1.29 is 9.59 Å². The molecule has 1 aliphatic carbocycles. The molecule has 0 unspecified atom stereocenters. The number of carbonyl (C=O) groups excluding carboxylic acids is 2. The lowest BCUT2D eigenvalue weighted by molar-refractivity contribution is 0.0128. The first-order chi connectivity index (χ1) is 15.5. The number of Topliss-reactive ketones (excluding diaryl/α,β-unsaturated/α-hetero) is 1. The summed E-state index contributed by atoms with van der Waals surface area (Å²) in [5.74, 6) is 0.939. The summed E-state index contributed by atoms with van der Waals surface area (Å²) >= 11 is 0. The molecule has 0 atom stereocenters. The average Bonchev–Trinajstić information content (AvgIpc) is 3.28. The minimum atomic E-state index is -0.0897. The number of aromatic nitrogens is 1. The smallest absolute Gasteiger partial charge is 0.253 e. The Bertz CT molecular complexity index is 992. The number of hydrogen-bond acceptors (Lipinski definition) is 3.